The lowest BCUT2D eigenvalue weighted by Gasteiger charge is -2.39. The van der Waals surface area contributed by atoms with E-state index < -0.39 is 23.9 Å². The SMILES string of the molecule is O=C1CCC(N2Cc3cc(O[C@H]4CN(Cc5ccccc5)CC[C@@H]4NCc4ccccc4-c4ccc(F)c(CN5CC[C@H](NCc6ccccc6)[C@@H](Oc6ccc7c(c6)CN(C6CCC(=O)NC6=O)C7=O)C5)c4)ccc3C2=O)C(=O)N1. The highest BCUT2D eigenvalue weighted by Crippen LogP contribution is 2.35. The maximum Gasteiger partial charge on any atom is 0.255 e. The molecule has 0 aliphatic carbocycles. The van der Waals surface area contributed by atoms with Crippen LogP contribution >= 0.6 is 0 Å². The maximum absolute atomic E-state index is 16.1. The summed E-state index contributed by atoms with van der Waals surface area (Å²) in [5.74, 6) is -1.09. The molecule has 0 bridgehead atoms. The number of benzene rings is 6. The Morgan fingerprint density at radius 3 is 1.59 bits per heavy atom. The van der Waals surface area contributed by atoms with Gasteiger partial charge < -0.3 is 29.9 Å². The number of hydrogen-bond donors (Lipinski definition) is 4. The number of piperidine rings is 4. The van der Waals surface area contributed by atoms with Crippen LogP contribution in [0.5, 0.6) is 11.5 Å². The second-order valence-electron chi connectivity index (χ2n) is 22.2. The van der Waals surface area contributed by atoms with Gasteiger partial charge in [-0.1, -0.05) is 91.0 Å². The Labute approximate surface area is 470 Å². The van der Waals surface area contributed by atoms with E-state index in [1.807, 2.05) is 66.7 Å². The molecule has 4 saturated heterocycles. The summed E-state index contributed by atoms with van der Waals surface area (Å²) in [6.07, 6.45) is 1.89. The van der Waals surface area contributed by atoms with Crippen molar-refractivity contribution in [1.82, 2.24) is 40.9 Å². The number of carbonyl (C=O) groups excluding carboxylic acids is 6. The van der Waals surface area contributed by atoms with Crippen LogP contribution in [0.1, 0.15) is 92.6 Å². The van der Waals surface area contributed by atoms with Crippen molar-refractivity contribution in [1.29, 1.82) is 0 Å². The fourth-order valence-corrected chi connectivity index (χ4v) is 12.5. The largest absolute Gasteiger partial charge is 0.487 e. The third-order valence-corrected chi connectivity index (χ3v) is 16.8. The smallest absolute Gasteiger partial charge is 0.255 e. The Kier molecular flexibility index (Phi) is 15.6. The van der Waals surface area contributed by atoms with Gasteiger partial charge in [0.1, 0.15) is 41.6 Å². The monoisotopic (exact) mass is 1090 g/mol. The first-order chi connectivity index (χ1) is 39.5. The minimum atomic E-state index is -0.717. The average Bonchev–Trinajstić information content (AvgIpc) is 4.24. The quantitative estimate of drug-likeness (QED) is 0.0717. The molecule has 81 heavy (non-hydrogen) atoms. The van der Waals surface area contributed by atoms with E-state index in [1.54, 1.807) is 29.2 Å². The lowest BCUT2D eigenvalue weighted by Crippen LogP contribution is -2.54. The Balaban J connectivity index is 0.736. The Morgan fingerprint density at radius 1 is 0.506 bits per heavy atom. The summed E-state index contributed by atoms with van der Waals surface area (Å²) in [7, 11) is 0. The fraction of sp³-hybridized carbons (Fsp3) is 0.344. The van der Waals surface area contributed by atoms with Crippen LogP contribution in [-0.4, -0.2) is 118 Å². The number of halogens is 1. The molecule has 0 radical (unpaired) electrons. The van der Waals surface area contributed by atoms with Gasteiger partial charge >= 0.3 is 0 Å². The number of amides is 6. The highest BCUT2D eigenvalue weighted by Gasteiger charge is 2.42. The molecule has 6 amide bonds. The number of hydrogen-bond acceptors (Lipinski definition) is 12. The first-order valence-electron chi connectivity index (χ1n) is 28.2. The molecule has 4 fully saturated rings. The van der Waals surface area contributed by atoms with Crippen LogP contribution in [0.4, 0.5) is 4.39 Å². The van der Waals surface area contributed by atoms with E-state index >= 15 is 4.39 Å². The molecule has 6 heterocycles. The molecule has 0 aromatic heterocycles. The Morgan fingerprint density at radius 2 is 1.02 bits per heavy atom. The van der Waals surface area contributed by atoms with Gasteiger partial charge in [0.2, 0.25) is 23.6 Å². The van der Waals surface area contributed by atoms with Gasteiger partial charge in [-0.3, -0.25) is 49.2 Å². The van der Waals surface area contributed by atoms with E-state index in [0.29, 0.717) is 73.9 Å². The maximum atomic E-state index is 16.1. The minimum absolute atomic E-state index is 0.0372. The van der Waals surface area contributed by atoms with E-state index in [-0.39, 0.29) is 86.1 Å². The van der Waals surface area contributed by atoms with Crippen LogP contribution < -0.4 is 30.7 Å². The van der Waals surface area contributed by atoms with Crippen LogP contribution in [0.3, 0.4) is 0 Å². The van der Waals surface area contributed by atoms with E-state index in [4.69, 9.17) is 9.47 Å². The number of likely N-dealkylation sites (tertiary alicyclic amines) is 2. The summed E-state index contributed by atoms with van der Waals surface area (Å²) in [6, 6.07) is 43.6. The van der Waals surface area contributed by atoms with Gasteiger partial charge in [0.15, 0.2) is 0 Å². The summed E-state index contributed by atoms with van der Waals surface area (Å²) in [6.45, 7) is 5.50. The molecular weight excluding hydrogens is 1030 g/mol. The molecule has 2 unspecified atom stereocenters. The topological polar surface area (TPSA) is 182 Å². The van der Waals surface area contributed by atoms with Gasteiger partial charge in [-0.25, -0.2) is 4.39 Å². The lowest BCUT2D eigenvalue weighted by molar-refractivity contribution is -0.138. The molecule has 416 valence electrons. The summed E-state index contributed by atoms with van der Waals surface area (Å²) in [5, 5.41) is 12.4. The van der Waals surface area contributed by atoms with Crippen molar-refractivity contribution < 1.29 is 42.6 Å². The van der Waals surface area contributed by atoms with Crippen LogP contribution in [-0.2, 0) is 58.4 Å². The zero-order valence-corrected chi connectivity index (χ0v) is 45.0. The molecular formula is C64H65FN8O8. The molecule has 6 aliphatic heterocycles. The molecule has 6 aliphatic rings. The number of nitrogens with one attached hydrogen (secondary N) is 4. The fourth-order valence-electron chi connectivity index (χ4n) is 12.5. The first kappa shape index (κ1) is 53.5. The average molecular weight is 1090 g/mol. The Hall–Kier alpha value is -8.09. The number of rotatable bonds is 17. The summed E-state index contributed by atoms with van der Waals surface area (Å²) in [5.41, 5.74) is 8.46. The molecule has 6 aromatic rings. The summed E-state index contributed by atoms with van der Waals surface area (Å²) < 4.78 is 29.9. The van der Waals surface area contributed by atoms with Gasteiger partial charge in [-0.2, -0.15) is 0 Å². The van der Waals surface area contributed by atoms with Gasteiger partial charge in [0.05, 0.1) is 0 Å². The normalized spacial score (nSPS) is 23.3. The number of ether oxygens (including phenoxy) is 2. The molecule has 6 aromatic carbocycles. The van der Waals surface area contributed by atoms with E-state index in [1.165, 1.54) is 10.5 Å². The Bertz CT molecular complexity index is 3380. The predicted molar refractivity (Wildman–Crippen MR) is 300 cm³/mol. The summed E-state index contributed by atoms with van der Waals surface area (Å²) in [4.78, 5) is 84.1. The molecule has 16 nitrogen and oxygen atoms in total. The van der Waals surface area contributed by atoms with E-state index in [9.17, 15) is 28.8 Å². The van der Waals surface area contributed by atoms with Gasteiger partial charge in [-0.15, -0.1) is 0 Å². The van der Waals surface area contributed by atoms with Crippen molar-refractivity contribution in [3.63, 3.8) is 0 Å². The minimum Gasteiger partial charge on any atom is -0.487 e. The predicted octanol–water partition coefficient (Wildman–Crippen LogP) is 6.64. The van der Waals surface area contributed by atoms with Crippen LogP contribution in [0.15, 0.2) is 140 Å². The standard InChI is InChI=1S/C64H65FN8O8/c65-52-20-15-42(29-46(52)35-71-28-26-53(66-32-40-9-3-1-4-10-40)58(39-71)81-48-17-19-51-45(31-48)37-73(64(51)79)56-22-24-60(75)69-62(56)77)49-14-8-7-13-43(49)33-67-54-25-27-70(34-41-11-5-2-6-12-41)38-57(54)80-47-16-18-50-44(30-47)36-72(63(50)78)55-21-23-59(74)68-61(55)76/h1-20,29-31,53-58,66-67H,21-28,32-39H2,(H,68,74,76)(H,69,75,77)/t53-,54-,55?,56?,57-,58-/m0/s1. The lowest BCUT2D eigenvalue weighted by atomic mass is 9.95. The molecule has 4 N–H and O–H groups in total. The van der Waals surface area contributed by atoms with E-state index in [0.717, 1.165) is 59.3 Å². The number of fused-ring (bicyclic) bond motifs is 2. The molecule has 6 atom stereocenters. The highest BCUT2D eigenvalue weighted by molar-refractivity contribution is 6.06. The van der Waals surface area contributed by atoms with Crippen molar-refractivity contribution in [3.05, 3.63) is 190 Å². The van der Waals surface area contributed by atoms with Crippen LogP contribution in [0.25, 0.3) is 11.1 Å². The van der Waals surface area contributed by atoms with E-state index in [2.05, 4.69) is 79.6 Å². The third-order valence-electron chi connectivity index (χ3n) is 16.8. The van der Waals surface area contributed by atoms with Crippen molar-refractivity contribution in [2.75, 3.05) is 26.2 Å². The molecule has 0 saturated carbocycles. The molecule has 0 spiro atoms. The third kappa shape index (κ3) is 11.9. The van der Waals surface area contributed by atoms with Gasteiger partial charge in [0, 0.05) is 107 Å². The zero-order valence-electron chi connectivity index (χ0n) is 45.0. The molecule has 12 rings (SSSR count). The second-order valence-corrected chi connectivity index (χ2v) is 22.2. The number of imide groups is 2. The second kappa shape index (κ2) is 23.6. The number of carbonyl (C=O) groups is 6. The van der Waals surface area contributed by atoms with Crippen molar-refractivity contribution >= 4 is 35.4 Å². The highest BCUT2D eigenvalue weighted by atomic mass is 19.1. The number of nitrogens with zero attached hydrogens (tertiary/aromatic N) is 4. The van der Waals surface area contributed by atoms with Crippen molar-refractivity contribution in [2.24, 2.45) is 0 Å². The first-order valence-corrected chi connectivity index (χ1v) is 28.2. The summed E-state index contributed by atoms with van der Waals surface area (Å²) >= 11 is 0. The van der Waals surface area contributed by atoms with Gasteiger partial charge in [-0.05, 0) is 113 Å². The van der Waals surface area contributed by atoms with Crippen molar-refractivity contribution in [2.45, 2.75) is 114 Å². The van der Waals surface area contributed by atoms with Crippen LogP contribution in [0.2, 0.25) is 0 Å². The molecule has 17 heteroatoms. The zero-order chi connectivity index (χ0) is 55.6. The van der Waals surface area contributed by atoms with Crippen molar-refractivity contribution in [3.8, 4) is 22.6 Å². The van der Waals surface area contributed by atoms with Gasteiger partial charge in [0.25, 0.3) is 11.8 Å². The van der Waals surface area contributed by atoms with Crippen LogP contribution in [0, 0.1) is 5.82 Å².